The van der Waals surface area contributed by atoms with E-state index < -0.39 is 12.0 Å². The molecule has 0 aliphatic heterocycles. The van der Waals surface area contributed by atoms with Crippen molar-refractivity contribution in [2.75, 3.05) is 6.54 Å². The van der Waals surface area contributed by atoms with E-state index in [-0.39, 0.29) is 12.3 Å². The number of carbonyl (C=O) groups is 2. The van der Waals surface area contributed by atoms with E-state index in [1.54, 1.807) is 31.2 Å². The predicted octanol–water partition coefficient (Wildman–Crippen LogP) is 1.59. The van der Waals surface area contributed by atoms with E-state index in [2.05, 4.69) is 5.32 Å². The molecule has 2 N–H and O–H groups in total. The van der Waals surface area contributed by atoms with Crippen molar-refractivity contribution in [3.8, 4) is 0 Å². The van der Waals surface area contributed by atoms with Crippen LogP contribution in [0.15, 0.2) is 24.3 Å². The molecule has 0 heterocycles. The van der Waals surface area contributed by atoms with Gasteiger partial charge in [-0.05, 0) is 31.2 Å². The molecule has 0 aliphatic carbocycles. The van der Waals surface area contributed by atoms with Crippen LogP contribution in [-0.4, -0.2) is 29.4 Å². The highest BCUT2D eigenvalue weighted by molar-refractivity contribution is 6.30. The van der Waals surface area contributed by atoms with Gasteiger partial charge in [0.2, 0.25) is 0 Å². The maximum atomic E-state index is 11.8. The standard InChI is InChI=1S/C11H12ClNO3/c1-7(13-6-10(14)15)11(16)8-2-4-9(12)5-3-8/h2-5,7,13H,6H2,1H3,(H,14,15). The summed E-state index contributed by atoms with van der Waals surface area (Å²) < 4.78 is 0. The molecule has 0 saturated heterocycles. The van der Waals surface area contributed by atoms with E-state index in [9.17, 15) is 9.59 Å². The third-order valence-electron chi connectivity index (χ3n) is 2.08. The van der Waals surface area contributed by atoms with Crippen molar-refractivity contribution in [1.29, 1.82) is 0 Å². The SMILES string of the molecule is CC(NCC(=O)O)C(=O)c1ccc(Cl)cc1. The van der Waals surface area contributed by atoms with Gasteiger partial charge >= 0.3 is 5.97 Å². The lowest BCUT2D eigenvalue weighted by molar-refractivity contribution is -0.136. The molecule has 0 aromatic heterocycles. The van der Waals surface area contributed by atoms with E-state index in [0.717, 1.165) is 0 Å². The van der Waals surface area contributed by atoms with Crippen LogP contribution in [0.3, 0.4) is 0 Å². The Labute approximate surface area is 98.2 Å². The van der Waals surface area contributed by atoms with Gasteiger partial charge in [0.25, 0.3) is 0 Å². The third kappa shape index (κ3) is 3.64. The van der Waals surface area contributed by atoms with E-state index in [1.807, 2.05) is 0 Å². The number of carbonyl (C=O) groups excluding carboxylic acids is 1. The predicted molar refractivity (Wildman–Crippen MR) is 60.9 cm³/mol. The van der Waals surface area contributed by atoms with Crippen molar-refractivity contribution >= 4 is 23.4 Å². The van der Waals surface area contributed by atoms with Crippen molar-refractivity contribution in [1.82, 2.24) is 5.32 Å². The molecule has 16 heavy (non-hydrogen) atoms. The molecule has 0 fully saturated rings. The van der Waals surface area contributed by atoms with Gasteiger partial charge in [0.1, 0.15) is 0 Å². The molecule has 1 atom stereocenters. The van der Waals surface area contributed by atoms with Crippen LogP contribution in [0.25, 0.3) is 0 Å². The van der Waals surface area contributed by atoms with E-state index in [1.165, 1.54) is 0 Å². The fourth-order valence-electron chi connectivity index (χ4n) is 1.20. The summed E-state index contributed by atoms with van der Waals surface area (Å²) in [5, 5.41) is 11.6. The minimum absolute atomic E-state index is 0.155. The molecule has 0 amide bonds. The summed E-state index contributed by atoms with van der Waals surface area (Å²) >= 11 is 5.69. The number of ketones is 1. The number of hydrogen-bond donors (Lipinski definition) is 2. The van der Waals surface area contributed by atoms with Gasteiger partial charge in [-0.3, -0.25) is 14.9 Å². The van der Waals surface area contributed by atoms with Crippen LogP contribution in [0.4, 0.5) is 0 Å². The zero-order chi connectivity index (χ0) is 12.1. The Balaban J connectivity index is 2.63. The Bertz CT molecular complexity index is 389. The number of nitrogens with one attached hydrogen (secondary N) is 1. The van der Waals surface area contributed by atoms with Crippen LogP contribution < -0.4 is 5.32 Å². The Hall–Kier alpha value is -1.39. The molecule has 1 unspecified atom stereocenters. The smallest absolute Gasteiger partial charge is 0.317 e. The second kappa shape index (κ2) is 5.63. The van der Waals surface area contributed by atoms with Crippen LogP contribution in [-0.2, 0) is 4.79 Å². The number of benzene rings is 1. The summed E-state index contributed by atoms with van der Waals surface area (Å²) in [6.07, 6.45) is 0. The molecule has 0 bridgehead atoms. The van der Waals surface area contributed by atoms with Crippen molar-refractivity contribution in [3.63, 3.8) is 0 Å². The highest BCUT2D eigenvalue weighted by Crippen LogP contribution is 2.11. The quantitative estimate of drug-likeness (QED) is 0.769. The molecule has 0 aliphatic rings. The van der Waals surface area contributed by atoms with Crippen molar-refractivity contribution < 1.29 is 14.7 Å². The number of aliphatic carboxylic acids is 1. The lowest BCUT2D eigenvalue weighted by atomic mass is 10.1. The number of rotatable bonds is 5. The van der Waals surface area contributed by atoms with E-state index in [0.29, 0.717) is 10.6 Å². The third-order valence-corrected chi connectivity index (χ3v) is 2.33. The Kier molecular flexibility index (Phi) is 4.46. The first-order chi connectivity index (χ1) is 7.50. The molecule has 86 valence electrons. The van der Waals surface area contributed by atoms with Crippen LogP contribution in [0.2, 0.25) is 5.02 Å². The van der Waals surface area contributed by atoms with Gasteiger partial charge in [-0.25, -0.2) is 0 Å². The summed E-state index contributed by atoms with van der Waals surface area (Å²) in [5.41, 5.74) is 0.509. The van der Waals surface area contributed by atoms with Gasteiger partial charge in [-0.1, -0.05) is 11.6 Å². The maximum Gasteiger partial charge on any atom is 0.317 e. The number of halogens is 1. The molecule has 4 nitrogen and oxygen atoms in total. The van der Waals surface area contributed by atoms with Gasteiger partial charge in [0.05, 0.1) is 12.6 Å². The first-order valence-corrected chi connectivity index (χ1v) is 5.13. The minimum atomic E-state index is -0.990. The summed E-state index contributed by atoms with van der Waals surface area (Å²) in [5.74, 6) is -1.14. The molecule has 0 spiro atoms. The van der Waals surface area contributed by atoms with Crippen LogP contribution in [0.1, 0.15) is 17.3 Å². The second-order valence-corrected chi connectivity index (χ2v) is 3.80. The normalized spacial score (nSPS) is 12.1. The van der Waals surface area contributed by atoms with Gasteiger partial charge in [0.15, 0.2) is 5.78 Å². The van der Waals surface area contributed by atoms with Crippen molar-refractivity contribution in [2.24, 2.45) is 0 Å². The van der Waals surface area contributed by atoms with Crippen molar-refractivity contribution in [2.45, 2.75) is 13.0 Å². The molecule has 5 heteroatoms. The first kappa shape index (κ1) is 12.7. The Morgan fingerprint density at radius 1 is 1.38 bits per heavy atom. The number of carboxylic acids is 1. The Morgan fingerprint density at radius 3 is 2.44 bits per heavy atom. The molecule has 1 rings (SSSR count). The van der Waals surface area contributed by atoms with Crippen LogP contribution in [0, 0.1) is 0 Å². The zero-order valence-corrected chi connectivity index (χ0v) is 9.49. The van der Waals surface area contributed by atoms with Gasteiger partial charge < -0.3 is 5.11 Å². The summed E-state index contributed by atoms with van der Waals surface area (Å²) in [6.45, 7) is 1.39. The van der Waals surface area contributed by atoms with Crippen LogP contribution in [0.5, 0.6) is 0 Å². The van der Waals surface area contributed by atoms with Gasteiger partial charge in [0, 0.05) is 10.6 Å². The average molecular weight is 242 g/mol. The average Bonchev–Trinajstić information content (AvgIpc) is 2.26. The van der Waals surface area contributed by atoms with Crippen LogP contribution >= 0.6 is 11.6 Å². The highest BCUT2D eigenvalue weighted by Gasteiger charge is 2.15. The fraction of sp³-hybridized carbons (Fsp3) is 0.273. The summed E-state index contributed by atoms with van der Waals surface area (Å²) in [4.78, 5) is 22.1. The summed E-state index contributed by atoms with van der Waals surface area (Å²) in [7, 11) is 0. The number of Topliss-reactive ketones (excluding diaryl/α,β-unsaturated/α-hetero) is 1. The first-order valence-electron chi connectivity index (χ1n) is 4.75. The summed E-state index contributed by atoms with van der Waals surface area (Å²) in [6, 6.07) is 5.95. The number of hydrogen-bond acceptors (Lipinski definition) is 3. The molecule has 1 aromatic carbocycles. The van der Waals surface area contributed by atoms with Gasteiger partial charge in [-0.2, -0.15) is 0 Å². The largest absolute Gasteiger partial charge is 0.480 e. The highest BCUT2D eigenvalue weighted by atomic mass is 35.5. The second-order valence-electron chi connectivity index (χ2n) is 3.37. The maximum absolute atomic E-state index is 11.8. The minimum Gasteiger partial charge on any atom is -0.480 e. The molecule has 0 radical (unpaired) electrons. The molecule has 1 aromatic rings. The van der Waals surface area contributed by atoms with E-state index >= 15 is 0 Å². The van der Waals surface area contributed by atoms with Gasteiger partial charge in [-0.15, -0.1) is 0 Å². The molecular weight excluding hydrogens is 230 g/mol. The molecule has 0 saturated carbocycles. The number of carboxylic acid groups (broad SMARTS) is 1. The lowest BCUT2D eigenvalue weighted by Gasteiger charge is -2.10. The topological polar surface area (TPSA) is 66.4 Å². The Morgan fingerprint density at radius 2 is 1.94 bits per heavy atom. The monoisotopic (exact) mass is 241 g/mol. The van der Waals surface area contributed by atoms with Crippen molar-refractivity contribution in [3.05, 3.63) is 34.9 Å². The fourth-order valence-corrected chi connectivity index (χ4v) is 1.32. The lowest BCUT2D eigenvalue weighted by Crippen LogP contribution is -2.37. The van der Waals surface area contributed by atoms with E-state index in [4.69, 9.17) is 16.7 Å². The zero-order valence-electron chi connectivity index (χ0n) is 8.74. The molecular formula is C11H12ClNO3.